The van der Waals surface area contributed by atoms with Gasteiger partial charge in [-0.1, -0.05) is 18.2 Å². The van der Waals surface area contributed by atoms with Crippen LogP contribution in [-0.4, -0.2) is 25.9 Å². The van der Waals surface area contributed by atoms with Crippen molar-refractivity contribution in [2.45, 2.75) is 34.1 Å². The molecule has 0 aliphatic rings. The third kappa shape index (κ3) is 4.01. The highest BCUT2D eigenvalue weighted by atomic mass is 16.5. The van der Waals surface area contributed by atoms with Gasteiger partial charge in [0.05, 0.1) is 14.2 Å². The first-order chi connectivity index (χ1) is 13.9. The molecule has 1 N–H and O–H groups in total. The summed E-state index contributed by atoms with van der Waals surface area (Å²) in [6, 6.07) is 14.8. The first-order valence-corrected chi connectivity index (χ1v) is 9.95. The van der Waals surface area contributed by atoms with Gasteiger partial charge < -0.3 is 14.6 Å². The van der Waals surface area contributed by atoms with Gasteiger partial charge in [-0.2, -0.15) is 0 Å². The molecule has 0 bridgehead atoms. The quantitative estimate of drug-likeness (QED) is 0.577. The Balaban J connectivity index is 2.26. The minimum absolute atomic E-state index is 0.131. The van der Waals surface area contributed by atoms with Crippen LogP contribution in [0, 0.1) is 27.7 Å². The van der Waals surface area contributed by atoms with Gasteiger partial charge >= 0.3 is 0 Å². The van der Waals surface area contributed by atoms with E-state index in [1.54, 1.807) is 14.2 Å². The first kappa shape index (κ1) is 20.9. The third-order valence-corrected chi connectivity index (χ3v) is 5.72. The molecule has 0 aromatic heterocycles. The van der Waals surface area contributed by atoms with E-state index in [4.69, 9.17) is 9.47 Å². The van der Waals surface area contributed by atoms with Crippen molar-refractivity contribution in [1.82, 2.24) is 0 Å². The highest BCUT2D eigenvalue weighted by Crippen LogP contribution is 2.39. The van der Waals surface area contributed by atoms with E-state index >= 15 is 0 Å². The largest absolute Gasteiger partial charge is 0.496 e. The Labute approximate surface area is 173 Å². The molecule has 3 heteroatoms. The fourth-order valence-corrected chi connectivity index (χ4v) is 4.16. The maximum atomic E-state index is 9.63. The molecule has 3 nitrogen and oxygen atoms in total. The average molecular weight is 391 g/mol. The van der Waals surface area contributed by atoms with E-state index < -0.39 is 0 Å². The van der Waals surface area contributed by atoms with Crippen molar-refractivity contribution in [2.75, 3.05) is 20.8 Å². The van der Waals surface area contributed by atoms with E-state index in [-0.39, 0.29) is 6.61 Å². The number of aryl methyl sites for hydroxylation is 2. The van der Waals surface area contributed by atoms with E-state index in [1.807, 2.05) is 12.1 Å². The minimum Gasteiger partial charge on any atom is -0.496 e. The second-order valence-electron chi connectivity index (χ2n) is 7.55. The van der Waals surface area contributed by atoms with E-state index in [1.165, 1.54) is 33.4 Å². The van der Waals surface area contributed by atoms with Crippen LogP contribution in [0.25, 0.3) is 22.3 Å². The van der Waals surface area contributed by atoms with Gasteiger partial charge in [-0.15, -0.1) is 0 Å². The molecular weight excluding hydrogens is 360 g/mol. The monoisotopic (exact) mass is 390 g/mol. The van der Waals surface area contributed by atoms with Crippen LogP contribution in [0.2, 0.25) is 0 Å². The van der Waals surface area contributed by atoms with Gasteiger partial charge in [0.25, 0.3) is 0 Å². The molecule has 0 radical (unpaired) electrons. The van der Waals surface area contributed by atoms with Crippen LogP contribution in [0.4, 0.5) is 0 Å². The first-order valence-electron chi connectivity index (χ1n) is 9.95. The average Bonchev–Trinajstić information content (AvgIpc) is 2.70. The molecule has 0 aliphatic carbocycles. The molecule has 0 heterocycles. The van der Waals surface area contributed by atoms with Crippen LogP contribution in [0.3, 0.4) is 0 Å². The normalized spacial score (nSPS) is 10.9. The fraction of sp³-hybridized carbons (Fsp3) is 0.308. The van der Waals surface area contributed by atoms with E-state index in [0.29, 0.717) is 6.42 Å². The zero-order valence-corrected chi connectivity index (χ0v) is 18.2. The van der Waals surface area contributed by atoms with E-state index in [9.17, 15) is 5.11 Å². The number of methoxy groups -OCH3 is 2. The lowest BCUT2D eigenvalue weighted by Gasteiger charge is -2.20. The molecule has 3 aromatic carbocycles. The summed E-state index contributed by atoms with van der Waals surface area (Å²) in [5.41, 5.74) is 10.6. The minimum atomic E-state index is 0.131. The molecule has 0 amide bonds. The molecule has 3 rings (SSSR count). The number of benzene rings is 3. The smallest absolute Gasteiger partial charge is 0.121 e. The number of hydrogen-bond acceptors (Lipinski definition) is 3. The van der Waals surface area contributed by atoms with Crippen molar-refractivity contribution in [3.05, 3.63) is 70.3 Å². The number of aliphatic hydroxyl groups excluding tert-OH is 1. The maximum absolute atomic E-state index is 9.63. The predicted octanol–water partition coefficient (Wildman–Crippen LogP) is 5.81. The summed E-state index contributed by atoms with van der Waals surface area (Å²) in [6.45, 7) is 8.59. The van der Waals surface area contributed by atoms with Gasteiger partial charge in [0.2, 0.25) is 0 Å². The number of hydrogen-bond donors (Lipinski definition) is 1. The van der Waals surface area contributed by atoms with Gasteiger partial charge in [-0.05, 0) is 108 Å². The van der Waals surface area contributed by atoms with Crippen molar-refractivity contribution in [3.63, 3.8) is 0 Å². The van der Waals surface area contributed by atoms with Crippen LogP contribution in [0.15, 0.2) is 42.5 Å². The molecule has 0 aliphatic heterocycles. The summed E-state index contributed by atoms with van der Waals surface area (Å²) in [5, 5.41) is 9.63. The van der Waals surface area contributed by atoms with Crippen LogP contribution >= 0.6 is 0 Å². The van der Waals surface area contributed by atoms with Gasteiger partial charge in [0.15, 0.2) is 0 Å². The van der Waals surface area contributed by atoms with Crippen molar-refractivity contribution in [3.8, 4) is 33.8 Å². The van der Waals surface area contributed by atoms with Crippen LogP contribution in [-0.2, 0) is 6.42 Å². The Morgan fingerprint density at radius 2 is 1.28 bits per heavy atom. The summed E-state index contributed by atoms with van der Waals surface area (Å²) >= 11 is 0. The van der Waals surface area contributed by atoms with Gasteiger partial charge in [-0.3, -0.25) is 0 Å². The third-order valence-electron chi connectivity index (χ3n) is 5.72. The van der Waals surface area contributed by atoms with E-state index in [0.717, 1.165) is 28.2 Å². The standard InChI is InChI=1S/C26H30O3/c1-16-13-21(7-9-24(16)28-5)23-15-20(11-12-27)18(3)26(19(23)4)22-8-10-25(29-6)17(2)14-22/h7-10,13-15,27H,11-12H2,1-6H3. The number of rotatable bonds is 6. The highest BCUT2D eigenvalue weighted by Gasteiger charge is 2.17. The Bertz CT molecular complexity index is 1030. The second-order valence-corrected chi connectivity index (χ2v) is 7.55. The number of aliphatic hydroxyl groups is 1. The van der Waals surface area contributed by atoms with Crippen LogP contribution in [0.1, 0.15) is 27.8 Å². The lowest BCUT2D eigenvalue weighted by Crippen LogP contribution is -2.01. The molecule has 0 atom stereocenters. The molecule has 0 saturated carbocycles. The molecule has 152 valence electrons. The van der Waals surface area contributed by atoms with Crippen LogP contribution < -0.4 is 9.47 Å². The summed E-state index contributed by atoms with van der Waals surface area (Å²) in [4.78, 5) is 0. The summed E-state index contributed by atoms with van der Waals surface area (Å²) in [6.07, 6.45) is 0.635. The summed E-state index contributed by atoms with van der Waals surface area (Å²) in [5.74, 6) is 1.78. The van der Waals surface area contributed by atoms with Gasteiger partial charge in [-0.25, -0.2) is 0 Å². The van der Waals surface area contributed by atoms with E-state index in [2.05, 4.69) is 58.0 Å². The Kier molecular flexibility index (Phi) is 6.29. The molecule has 0 saturated heterocycles. The summed E-state index contributed by atoms with van der Waals surface area (Å²) in [7, 11) is 3.40. The lowest BCUT2D eigenvalue weighted by atomic mass is 9.85. The predicted molar refractivity (Wildman–Crippen MR) is 120 cm³/mol. The molecule has 0 unspecified atom stereocenters. The topological polar surface area (TPSA) is 38.7 Å². The zero-order chi connectivity index (χ0) is 21.1. The van der Waals surface area contributed by atoms with Crippen molar-refractivity contribution < 1.29 is 14.6 Å². The maximum Gasteiger partial charge on any atom is 0.121 e. The fourth-order valence-electron chi connectivity index (χ4n) is 4.16. The van der Waals surface area contributed by atoms with Crippen molar-refractivity contribution >= 4 is 0 Å². The summed E-state index contributed by atoms with van der Waals surface area (Å²) < 4.78 is 10.9. The molecule has 0 fully saturated rings. The zero-order valence-electron chi connectivity index (χ0n) is 18.2. The highest BCUT2D eigenvalue weighted by molar-refractivity contribution is 5.82. The van der Waals surface area contributed by atoms with Crippen molar-refractivity contribution in [1.29, 1.82) is 0 Å². The Morgan fingerprint density at radius 1 is 0.724 bits per heavy atom. The Morgan fingerprint density at radius 3 is 1.79 bits per heavy atom. The Hall–Kier alpha value is -2.78. The SMILES string of the molecule is COc1ccc(-c2cc(CCO)c(C)c(-c3ccc(OC)c(C)c3)c2C)cc1C. The number of ether oxygens (including phenoxy) is 2. The van der Waals surface area contributed by atoms with Crippen LogP contribution in [0.5, 0.6) is 11.5 Å². The lowest BCUT2D eigenvalue weighted by molar-refractivity contribution is 0.299. The van der Waals surface area contributed by atoms with Crippen molar-refractivity contribution in [2.24, 2.45) is 0 Å². The van der Waals surface area contributed by atoms with Gasteiger partial charge in [0.1, 0.15) is 11.5 Å². The second kappa shape index (κ2) is 8.71. The van der Waals surface area contributed by atoms with Gasteiger partial charge in [0, 0.05) is 6.61 Å². The molecule has 29 heavy (non-hydrogen) atoms. The molecule has 3 aromatic rings. The molecular formula is C26H30O3. The molecule has 0 spiro atoms.